The van der Waals surface area contributed by atoms with Crippen LogP contribution in [0.3, 0.4) is 0 Å². The van der Waals surface area contributed by atoms with Crippen LogP contribution in [0.1, 0.15) is 22.7 Å². The predicted octanol–water partition coefficient (Wildman–Crippen LogP) is 4.24. The van der Waals surface area contributed by atoms with Crippen LogP contribution in [-0.4, -0.2) is 39.9 Å². The molecule has 0 spiro atoms. The number of likely N-dealkylation sites (tertiary alicyclic amines) is 1. The van der Waals surface area contributed by atoms with Crippen LogP contribution in [0.2, 0.25) is 0 Å². The Bertz CT molecular complexity index is 1270. The number of carbonyl (C=O) groups is 2. The molecule has 2 aromatic carbocycles. The molecule has 33 heavy (non-hydrogen) atoms. The second kappa shape index (κ2) is 8.71. The fourth-order valence-electron chi connectivity index (χ4n) is 4.10. The van der Waals surface area contributed by atoms with Gasteiger partial charge in [0.1, 0.15) is 19.0 Å². The molecule has 0 radical (unpaired) electrons. The first-order valence-electron chi connectivity index (χ1n) is 10.4. The van der Waals surface area contributed by atoms with Crippen molar-refractivity contribution in [3.8, 4) is 11.5 Å². The predicted molar refractivity (Wildman–Crippen MR) is 124 cm³/mol. The highest BCUT2D eigenvalue weighted by Gasteiger charge is 2.46. The summed E-state index contributed by atoms with van der Waals surface area (Å²) in [5.74, 6) is -0.629. The molecule has 7 nitrogen and oxygen atoms in total. The van der Waals surface area contributed by atoms with Crippen LogP contribution in [0, 0.1) is 0 Å². The van der Waals surface area contributed by atoms with Gasteiger partial charge in [-0.1, -0.05) is 34.1 Å². The maximum absolute atomic E-state index is 13.2. The molecule has 166 valence electrons. The first kappa shape index (κ1) is 21.2. The Balaban J connectivity index is 1.64. The van der Waals surface area contributed by atoms with Gasteiger partial charge in [-0.3, -0.25) is 14.6 Å². The standard InChI is InChI=1S/C25H19BrN2O5/c26-18-5-1-4-16(11-18)22-21(23(29)17-6-7-19-20(12-17)33-10-9-32-19)24(30)25(31)28(22)14-15-3-2-8-27-13-15/h1-8,11-13,22,29H,9-10,14H2/t22-/m0/s1. The Kier molecular flexibility index (Phi) is 5.60. The van der Waals surface area contributed by atoms with Gasteiger partial charge < -0.3 is 19.5 Å². The average molecular weight is 507 g/mol. The summed E-state index contributed by atoms with van der Waals surface area (Å²) in [4.78, 5) is 31.9. The third kappa shape index (κ3) is 3.98. The normalized spacial score (nSPS) is 19.1. The van der Waals surface area contributed by atoms with Crippen molar-refractivity contribution < 1.29 is 24.2 Å². The lowest BCUT2D eigenvalue weighted by molar-refractivity contribution is -0.140. The SMILES string of the molecule is O=C1C(=O)N(Cc2cccnc2)[C@@H](c2cccc(Br)c2)C1=C(O)c1ccc2c(c1)OCCO2. The molecule has 1 amide bonds. The van der Waals surface area contributed by atoms with Gasteiger partial charge in [0.25, 0.3) is 11.7 Å². The highest BCUT2D eigenvalue weighted by atomic mass is 79.9. The fraction of sp³-hybridized carbons (Fsp3) is 0.160. The van der Waals surface area contributed by atoms with Crippen LogP contribution >= 0.6 is 15.9 Å². The number of Topliss-reactive ketones (excluding diaryl/α,β-unsaturated/α-hetero) is 1. The summed E-state index contributed by atoms with van der Waals surface area (Å²) < 4.78 is 12.0. The summed E-state index contributed by atoms with van der Waals surface area (Å²) in [5.41, 5.74) is 1.88. The number of aromatic nitrogens is 1. The van der Waals surface area contributed by atoms with Crippen molar-refractivity contribution in [3.05, 3.63) is 93.7 Å². The maximum Gasteiger partial charge on any atom is 0.295 e. The van der Waals surface area contributed by atoms with Gasteiger partial charge in [-0.15, -0.1) is 0 Å². The molecule has 3 aromatic rings. The summed E-state index contributed by atoms with van der Waals surface area (Å²) in [6, 6.07) is 15.1. The summed E-state index contributed by atoms with van der Waals surface area (Å²) in [7, 11) is 0. The van der Waals surface area contributed by atoms with Crippen molar-refractivity contribution in [1.29, 1.82) is 0 Å². The molecule has 0 bridgehead atoms. The van der Waals surface area contributed by atoms with E-state index in [2.05, 4.69) is 20.9 Å². The highest BCUT2D eigenvalue weighted by Crippen LogP contribution is 2.42. The van der Waals surface area contributed by atoms with Crippen LogP contribution < -0.4 is 9.47 Å². The van der Waals surface area contributed by atoms with Gasteiger partial charge in [-0.25, -0.2) is 0 Å². The lowest BCUT2D eigenvalue weighted by Crippen LogP contribution is -2.29. The van der Waals surface area contributed by atoms with Crippen molar-refractivity contribution in [1.82, 2.24) is 9.88 Å². The van der Waals surface area contributed by atoms with E-state index in [1.165, 1.54) is 4.90 Å². The molecule has 3 heterocycles. The minimum Gasteiger partial charge on any atom is -0.507 e. The third-order valence-corrected chi connectivity index (χ3v) is 6.09. The monoisotopic (exact) mass is 506 g/mol. The van der Waals surface area contributed by atoms with Crippen LogP contribution in [0.4, 0.5) is 0 Å². The fourth-order valence-corrected chi connectivity index (χ4v) is 4.52. The van der Waals surface area contributed by atoms with Gasteiger partial charge in [0.05, 0.1) is 11.6 Å². The minimum absolute atomic E-state index is 0.0265. The number of pyridine rings is 1. The first-order chi connectivity index (χ1) is 16.0. The lowest BCUT2D eigenvalue weighted by atomic mass is 9.95. The van der Waals surface area contributed by atoms with Gasteiger partial charge >= 0.3 is 0 Å². The average Bonchev–Trinajstić information content (AvgIpc) is 3.09. The Hall–Kier alpha value is -3.65. The summed E-state index contributed by atoms with van der Waals surface area (Å²) in [6.45, 7) is 1.01. The Morgan fingerprint density at radius 2 is 1.88 bits per heavy atom. The molecule has 0 unspecified atom stereocenters. The quantitative estimate of drug-likeness (QED) is 0.323. The van der Waals surface area contributed by atoms with E-state index < -0.39 is 17.7 Å². The molecule has 0 saturated carbocycles. The van der Waals surface area contributed by atoms with E-state index in [9.17, 15) is 14.7 Å². The van der Waals surface area contributed by atoms with Crippen molar-refractivity contribution in [3.63, 3.8) is 0 Å². The summed E-state index contributed by atoms with van der Waals surface area (Å²) in [5, 5.41) is 11.3. The number of aliphatic hydroxyl groups is 1. The number of aliphatic hydroxyl groups excluding tert-OH is 1. The van der Waals surface area contributed by atoms with Crippen molar-refractivity contribution in [2.45, 2.75) is 12.6 Å². The van der Waals surface area contributed by atoms with E-state index in [1.807, 2.05) is 30.3 Å². The van der Waals surface area contributed by atoms with E-state index >= 15 is 0 Å². The zero-order chi connectivity index (χ0) is 22.9. The lowest BCUT2D eigenvalue weighted by Gasteiger charge is -2.25. The number of hydrogen-bond acceptors (Lipinski definition) is 6. The molecular formula is C25H19BrN2O5. The zero-order valence-corrected chi connectivity index (χ0v) is 19.0. The van der Waals surface area contributed by atoms with Crippen molar-refractivity contribution >= 4 is 33.4 Å². The van der Waals surface area contributed by atoms with E-state index in [0.717, 1.165) is 10.0 Å². The van der Waals surface area contributed by atoms with Gasteiger partial charge in [0.15, 0.2) is 11.5 Å². The number of halogens is 1. The number of amides is 1. The molecule has 1 saturated heterocycles. The summed E-state index contributed by atoms with van der Waals surface area (Å²) in [6.07, 6.45) is 3.30. The van der Waals surface area contributed by atoms with Gasteiger partial charge in [0, 0.05) is 29.0 Å². The highest BCUT2D eigenvalue weighted by molar-refractivity contribution is 9.10. The zero-order valence-electron chi connectivity index (χ0n) is 17.4. The molecule has 5 rings (SSSR count). The van der Waals surface area contributed by atoms with E-state index in [4.69, 9.17) is 9.47 Å². The van der Waals surface area contributed by atoms with Crippen molar-refractivity contribution in [2.75, 3.05) is 13.2 Å². The second-order valence-corrected chi connectivity index (χ2v) is 8.62. The Labute approximate surface area is 198 Å². The second-order valence-electron chi connectivity index (χ2n) is 7.70. The molecule has 0 aliphatic carbocycles. The number of nitrogens with zero attached hydrogens (tertiary/aromatic N) is 2. The molecular weight excluding hydrogens is 488 g/mol. The van der Waals surface area contributed by atoms with Gasteiger partial charge in [-0.2, -0.15) is 0 Å². The number of benzene rings is 2. The molecule has 1 atom stereocenters. The molecule has 2 aliphatic rings. The molecule has 1 fully saturated rings. The largest absolute Gasteiger partial charge is 0.507 e. The Morgan fingerprint density at radius 1 is 1.06 bits per heavy atom. The van der Waals surface area contributed by atoms with E-state index in [-0.39, 0.29) is 17.9 Å². The first-order valence-corrected chi connectivity index (χ1v) is 11.1. The van der Waals surface area contributed by atoms with E-state index in [0.29, 0.717) is 35.8 Å². The topological polar surface area (TPSA) is 89.0 Å². The molecule has 8 heteroatoms. The number of hydrogen-bond donors (Lipinski definition) is 1. The number of carbonyl (C=O) groups excluding carboxylic acids is 2. The van der Waals surface area contributed by atoms with Crippen LogP contribution in [0.25, 0.3) is 5.76 Å². The number of rotatable bonds is 4. The Morgan fingerprint density at radius 3 is 2.64 bits per heavy atom. The molecule has 2 aliphatic heterocycles. The van der Waals surface area contributed by atoms with Crippen LogP contribution in [-0.2, 0) is 16.1 Å². The van der Waals surface area contributed by atoms with E-state index in [1.54, 1.807) is 36.7 Å². The molecule has 1 N–H and O–H groups in total. The third-order valence-electron chi connectivity index (χ3n) is 5.60. The number of fused-ring (bicyclic) bond motifs is 1. The smallest absolute Gasteiger partial charge is 0.295 e. The number of ketones is 1. The number of ether oxygens (including phenoxy) is 2. The van der Waals surface area contributed by atoms with Gasteiger partial charge in [0.2, 0.25) is 0 Å². The maximum atomic E-state index is 13.2. The minimum atomic E-state index is -0.768. The molecule has 1 aromatic heterocycles. The van der Waals surface area contributed by atoms with Gasteiger partial charge in [-0.05, 0) is 47.5 Å². The summed E-state index contributed by atoms with van der Waals surface area (Å²) >= 11 is 3.46. The van der Waals surface area contributed by atoms with Crippen LogP contribution in [0.5, 0.6) is 11.5 Å². The van der Waals surface area contributed by atoms with Crippen molar-refractivity contribution in [2.24, 2.45) is 0 Å². The van der Waals surface area contributed by atoms with Crippen LogP contribution in [0.15, 0.2) is 77.0 Å².